The van der Waals surface area contributed by atoms with E-state index in [1.807, 2.05) is 0 Å². The Labute approximate surface area is 162 Å². The van der Waals surface area contributed by atoms with Crippen molar-refractivity contribution >= 4 is 20.6 Å². The Morgan fingerprint density at radius 2 is 1.73 bits per heavy atom. The van der Waals surface area contributed by atoms with Gasteiger partial charge in [-0.2, -0.15) is 0 Å². The van der Waals surface area contributed by atoms with Crippen LogP contribution in [0.15, 0.2) is 74.0 Å². The molecule has 0 aromatic heterocycles. The molecule has 0 fully saturated rings. The fraction of sp³-hybridized carbons (Fsp3) is 0.250. The third-order valence-electron chi connectivity index (χ3n) is 4.46. The Bertz CT molecular complexity index is 743. The summed E-state index contributed by atoms with van der Waals surface area (Å²) < 4.78 is 0. The van der Waals surface area contributed by atoms with Gasteiger partial charge in [-0.25, -0.2) is 0 Å². The molecule has 0 amide bonds. The van der Waals surface area contributed by atoms with Crippen molar-refractivity contribution in [3.8, 4) is 0 Å². The van der Waals surface area contributed by atoms with Gasteiger partial charge in [-0.3, -0.25) is 0 Å². The number of allylic oxidation sites excluding steroid dienone is 1. The zero-order chi connectivity index (χ0) is 19.7. The molecule has 0 radical (unpaired) electrons. The summed E-state index contributed by atoms with van der Waals surface area (Å²) in [5.41, 5.74) is 6.19. The number of likely N-dealkylation sites (N-methyl/N-ethyl adjacent to an activating group) is 1. The van der Waals surface area contributed by atoms with Gasteiger partial charge in [0.1, 0.15) is 0 Å². The first kappa shape index (κ1) is 21.9. The first-order chi connectivity index (χ1) is 12.4. The second-order valence-electron chi connectivity index (χ2n) is 6.63. The predicted molar refractivity (Wildman–Crippen MR) is 122 cm³/mol. The van der Waals surface area contributed by atoms with Gasteiger partial charge in [-0.15, -0.1) is 22.4 Å². The topological polar surface area (TPSA) is 3.24 Å². The minimum absolute atomic E-state index is 0.471. The van der Waals surface area contributed by atoms with Gasteiger partial charge >= 0.3 is 0 Å². The molecule has 2 rings (SSSR count). The summed E-state index contributed by atoms with van der Waals surface area (Å²) in [5, 5.41) is 1.24. The lowest BCUT2D eigenvalue weighted by Gasteiger charge is -2.24. The molecule has 2 aromatic rings. The maximum absolute atomic E-state index is 4.20. The summed E-state index contributed by atoms with van der Waals surface area (Å²) in [6.07, 6.45) is 4.22. The van der Waals surface area contributed by atoms with E-state index in [0.717, 1.165) is 12.2 Å². The second kappa shape index (κ2) is 10.8. The lowest BCUT2D eigenvalue weighted by molar-refractivity contribution is 0.404. The standard InChI is InChI=1S/C22H28NP.C2H4/c1-16-6-12-21(13-7-16)18(3)15-23(5)19(4)9-11-20-10-8-17(2)22(24)14-20;1-2/h6-14,18H,4,15,24H2,1-3,5H3;1-2H2/b11-9+;. The van der Waals surface area contributed by atoms with Gasteiger partial charge in [-0.1, -0.05) is 61.5 Å². The number of benzene rings is 2. The molecule has 0 aliphatic rings. The molecule has 2 atom stereocenters. The van der Waals surface area contributed by atoms with E-state index in [2.05, 4.69) is 116 Å². The highest BCUT2D eigenvalue weighted by Gasteiger charge is 2.09. The van der Waals surface area contributed by atoms with Crippen LogP contribution in [0.5, 0.6) is 0 Å². The van der Waals surface area contributed by atoms with E-state index in [1.54, 1.807) is 0 Å². The van der Waals surface area contributed by atoms with Crippen molar-refractivity contribution in [3.05, 3.63) is 96.2 Å². The van der Waals surface area contributed by atoms with Crippen molar-refractivity contribution in [1.29, 1.82) is 0 Å². The minimum Gasteiger partial charge on any atom is -0.374 e. The van der Waals surface area contributed by atoms with Gasteiger partial charge in [0.25, 0.3) is 0 Å². The lowest BCUT2D eigenvalue weighted by atomic mass is 9.99. The summed E-state index contributed by atoms with van der Waals surface area (Å²) in [5.74, 6) is 0.471. The van der Waals surface area contributed by atoms with Crippen LogP contribution in [0.2, 0.25) is 0 Å². The van der Waals surface area contributed by atoms with E-state index in [1.165, 1.54) is 27.6 Å². The maximum atomic E-state index is 4.20. The Kier molecular flexibility index (Phi) is 9.10. The predicted octanol–water partition coefficient (Wildman–Crippen LogP) is 5.87. The average Bonchev–Trinajstić information content (AvgIpc) is 2.64. The summed E-state index contributed by atoms with van der Waals surface area (Å²) >= 11 is 0. The molecular formula is C24H32NP. The molecule has 26 heavy (non-hydrogen) atoms. The largest absolute Gasteiger partial charge is 0.374 e. The quantitative estimate of drug-likeness (QED) is 0.352. The number of hydrogen-bond donors (Lipinski definition) is 0. The van der Waals surface area contributed by atoms with Crippen molar-refractivity contribution in [2.24, 2.45) is 0 Å². The van der Waals surface area contributed by atoms with Crippen molar-refractivity contribution in [2.45, 2.75) is 26.7 Å². The third-order valence-corrected chi connectivity index (χ3v) is 5.08. The van der Waals surface area contributed by atoms with Crippen LogP contribution in [0.25, 0.3) is 6.08 Å². The molecule has 0 heterocycles. The van der Waals surface area contributed by atoms with Crippen LogP contribution < -0.4 is 5.30 Å². The lowest BCUT2D eigenvalue weighted by Crippen LogP contribution is -2.21. The van der Waals surface area contributed by atoms with Gasteiger partial charge in [-0.05, 0) is 53.9 Å². The van der Waals surface area contributed by atoms with E-state index < -0.39 is 0 Å². The average molecular weight is 366 g/mol. The maximum Gasteiger partial charge on any atom is 0.0290 e. The molecule has 0 saturated heterocycles. The van der Waals surface area contributed by atoms with Crippen LogP contribution >= 0.6 is 9.24 Å². The fourth-order valence-electron chi connectivity index (χ4n) is 2.61. The summed E-state index contributed by atoms with van der Waals surface area (Å²) in [4.78, 5) is 2.22. The smallest absolute Gasteiger partial charge is 0.0290 e. The van der Waals surface area contributed by atoms with Crippen molar-refractivity contribution < 1.29 is 0 Å². The molecule has 2 heteroatoms. The number of rotatable bonds is 6. The Balaban J connectivity index is 0.00000163. The van der Waals surface area contributed by atoms with Gasteiger partial charge in [0.15, 0.2) is 0 Å². The zero-order valence-electron chi connectivity index (χ0n) is 16.6. The fourth-order valence-corrected chi connectivity index (χ4v) is 2.90. The molecule has 0 spiro atoms. The highest BCUT2D eigenvalue weighted by atomic mass is 31.0. The number of nitrogens with zero attached hydrogens (tertiary/aromatic N) is 1. The molecule has 2 aromatic carbocycles. The van der Waals surface area contributed by atoms with Crippen molar-refractivity contribution in [3.63, 3.8) is 0 Å². The van der Waals surface area contributed by atoms with Gasteiger partial charge in [0.05, 0.1) is 0 Å². The molecule has 0 saturated carbocycles. The van der Waals surface area contributed by atoms with Crippen LogP contribution in [-0.2, 0) is 0 Å². The van der Waals surface area contributed by atoms with E-state index in [-0.39, 0.29) is 0 Å². The van der Waals surface area contributed by atoms with Crippen molar-refractivity contribution in [1.82, 2.24) is 4.90 Å². The van der Waals surface area contributed by atoms with E-state index >= 15 is 0 Å². The molecule has 0 aliphatic carbocycles. The van der Waals surface area contributed by atoms with Crippen LogP contribution in [0.1, 0.15) is 35.1 Å². The molecular weight excluding hydrogens is 333 g/mol. The van der Waals surface area contributed by atoms with E-state index in [9.17, 15) is 0 Å². The SMILES string of the molecule is C=C.C=C(/C=C/c1ccc(C)c(P)c1)N(C)CC(C)c1ccc(C)cc1. The number of aryl methyl sites for hydroxylation is 2. The second-order valence-corrected chi connectivity index (χ2v) is 7.25. The van der Waals surface area contributed by atoms with Crippen LogP contribution in [0.4, 0.5) is 0 Å². The number of hydrogen-bond acceptors (Lipinski definition) is 1. The minimum atomic E-state index is 0.471. The summed E-state index contributed by atoms with van der Waals surface area (Å²) in [6, 6.07) is 15.3. The first-order valence-electron chi connectivity index (χ1n) is 8.87. The zero-order valence-corrected chi connectivity index (χ0v) is 17.8. The molecule has 2 unspecified atom stereocenters. The molecule has 0 N–H and O–H groups in total. The summed E-state index contributed by atoms with van der Waals surface area (Å²) in [7, 11) is 4.89. The summed E-state index contributed by atoms with van der Waals surface area (Å²) in [6.45, 7) is 17.7. The highest BCUT2D eigenvalue weighted by Crippen LogP contribution is 2.19. The van der Waals surface area contributed by atoms with Crippen molar-refractivity contribution in [2.75, 3.05) is 13.6 Å². The highest BCUT2D eigenvalue weighted by molar-refractivity contribution is 7.27. The molecule has 0 bridgehead atoms. The first-order valence-corrected chi connectivity index (χ1v) is 9.45. The van der Waals surface area contributed by atoms with Crippen LogP contribution in [-0.4, -0.2) is 18.5 Å². The monoisotopic (exact) mass is 365 g/mol. The van der Waals surface area contributed by atoms with Gasteiger partial charge in [0, 0.05) is 19.3 Å². The Morgan fingerprint density at radius 1 is 1.12 bits per heavy atom. The Hall–Kier alpha value is -2.11. The van der Waals surface area contributed by atoms with E-state index in [4.69, 9.17) is 0 Å². The Morgan fingerprint density at radius 3 is 2.31 bits per heavy atom. The van der Waals surface area contributed by atoms with Gasteiger partial charge in [0.2, 0.25) is 0 Å². The van der Waals surface area contributed by atoms with Gasteiger partial charge < -0.3 is 4.90 Å². The van der Waals surface area contributed by atoms with Crippen LogP contribution in [0, 0.1) is 13.8 Å². The molecule has 138 valence electrons. The molecule has 1 nitrogen and oxygen atoms in total. The van der Waals surface area contributed by atoms with E-state index in [0.29, 0.717) is 5.92 Å². The third kappa shape index (κ3) is 6.65. The van der Waals surface area contributed by atoms with Crippen LogP contribution in [0.3, 0.4) is 0 Å². The molecule has 0 aliphatic heterocycles. The normalized spacial score (nSPS) is 11.6.